The van der Waals surface area contributed by atoms with Gasteiger partial charge in [-0.05, 0) is 83.1 Å². The summed E-state index contributed by atoms with van der Waals surface area (Å²) in [5.74, 6) is 0.669. The maximum Gasteiger partial charge on any atom is 0.160 e. The fourth-order valence-corrected chi connectivity index (χ4v) is 7.78. The number of fused-ring (bicyclic) bond motifs is 3. The third kappa shape index (κ3) is 5.49. The van der Waals surface area contributed by atoms with Crippen molar-refractivity contribution in [3.63, 3.8) is 0 Å². The Morgan fingerprint density at radius 1 is 0.315 bits per heavy atom. The summed E-state index contributed by atoms with van der Waals surface area (Å²) < 4.78 is 0. The Kier molecular flexibility index (Phi) is 7.77. The van der Waals surface area contributed by atoms with E-state index in [1.165, 1.54) is 16.3 Å². The van der Waals surface area contributed by atoms with E-state index in [1.54, 1.807) is 0 Å². The molecule has 0 saturated heterocycles. The van der Waals surface area contributed by atoms with Crippen molar-refractivity contribution in [1.82, 2.24) is 9.97 Å². The molecule has 10 rings (SSSR count). The van der Waals surface area contributed by atoms with Gasteiger partial charge in [0.15, 0.2) is 5.82 Å². The summed E-state index contributed by atoms with van der Waals surface area (Å²) in [4.78, 5) is 15.6. The summed E-state index contributed by atoms with van der Waals surface area (Å²) in [7, 11) is 0. The first kappa shape index (κ1) is 31.4. The van der Waals surface area contributed by atoms with Crippen LogP contribution in [0.3, 0.4) is 0 Å². The normalized spacial score (nSPS) is 11.3. The number of aromatic nitrogens is 2. The second-order valence-corrected chi connectivity index (χ2v) is 13.4. The molecule has 1 aliphatic carbocycles. The fraction of sp³-hybridized carbons (Fsp3) is 0. The summed E-state index contributed by atoms with van der Waals surface area (Å²) in [5, 5.41) is 2.43. The molecule has 0 bridgehead atoms. The number of hydrogen-bond donors (Lipinski definition) is 0. The maximum atomic E-state index is 5.50. The highest BCUT2D eigenvalue weighted by atomic mass is 15.2. The quantitative estimate of drug-likeness (QED) is 0.159. The molecule has 0 atom stereocenters. The van der Waals surface area contributed by atoms with Gasteiger partial charge in [-0.1, -0.05) is 140 Å². The molecule has 8 aromatic carbocycles. The largest absolute Gasteiger partial charge is 0.310 e. The van der Waals surface area contributed by atoms with Crippen LogP contribution in [0.2, 0.25) is 0 Å². The van der Waals surface area contributed by atoms with Gasteiger partial charge in [0, 0.05) is 56.4 Å². The molecular formula is C50H34N4. The van der Waals surface area contributed by atoms with Crippen LogP contribution in [0.5, 0.6) is 0 Å². The average molecular weight is 691 g/mol. The van der Waals surface area contributed by atoms with Crippen molar-refractivity contribution in [1.29, 1.82) is 0 Å². The van der Waals surface area contributed by atoms with Crippen LogP contribution in [-0.2, 0) is 0 Å². The summed E-state index contributed by atoms with van der Waals surface area (Å²) in [6.07, 6.45) is 0. The van der Waals surface area contributed by atoms with Gasteiger partial charge in [-0.2, -0.15) is 0 Å². The minimum absolute atomic E-state index is 0.669. The van der Waals surface area contributed by atoms with Crippen molar-refractivity contribution in [2.24, 2.45) is 0 Å². The number of nitrogens with zero attached hydrogens (tertiary/aromatic N) is 4. The van der Waals surface area contributed by atoms with E-state index in [0.29, 0.717) is 5.82 Å². The number of rotatable bonds is 8. The molecule has 0 amide bonds. The first-order valence-electron chi connectivity index (χ1n) is 18.3. The lowest BCUT2D eigenvalue weighted by atomic mass is 9.99. The molecule has 0 aliphatic heterocycles. The van der Waals surface area contributed by atoms with E-state index in [2.05, 4.69) is 216 Å². The van der Waals surface area contributed by atoms with Crippen LogP contribution in [0.4, 0.5) is 34.1 Å². The van der Waals surface area contributed by atoms with Crippen molar-refractivity contribution in [3.05, 3.63) is 206 Å². The molecule has 9 aromatic rings. The van der Waals surface area contributed by atoms with Crippen LogP contribution in [0.15, 0.2) is 206 Å². The molecule has 254 valence electrons. The van der Waals surface area contributed by atoms with E-state index in [1.807, 2.05) is 0 Å². The van der Waals surface area contributed by atoms with Crippen LogP contribution in [-0.4, -0.2) is 9.97 Å². The first-order valence-corrected chi connectivity index (χ1v) is 18.3. The maximum absolute atomic E-state index is 5.50. The summed E-state index contributed by atoms with van der Waals surface area (Å²) in [6, 6.07) is 72.5. The smallest absolute Gasteiger partial charge is 0.160 e. The molecule has 1 heterocycles. The molecule has 0 saturated carbocycles. The number of hydrogen-bond acceptors (Lipinski definition) is 4. The standard InChI is InChI=1S/C50H34N4/c1-6-18-36(19-7-1)48-47-44-30-16-20-35-21-17-31-45(46(35)44)49(47)52-50(51-48)37-32-42(53(38-22-8-2-9-23-38)39-24-10-3-11-25-39)34-43(33-37)54(40-26-12-4-13-27-40)41-28-14-5-15-29-41/h1-34H. The molecule has 0 fully saturated rings. The Hall–Kier alpha value is -7.30. The van der Waals surface area contributed by atoms with Crippen LogP contribution < -0.4 is 9.80 Å². The van der Waals surface area contributed by atoms with E-state index < -0.39 is 0 Å². The van der Waals surface area contributed by atoms with E-state index in [-0.39, 0.29) is 0 Å². The zero-order chi connectivity index (χ0) is 35.8. The van der Waals surface area contributed by atoms with E-state index in [4.69, 9.17) is 9.97 Å². The molecule has 54 heavy (non-hydrogen) atoms. The van der Waals surface area contributed by atoms with Gasteiger partial charge < -0.3 is 9.80 Å². The van der Waals surface area contributed by atoms with Crippen molar-refractivity contribution in [2.45, 2.75) is 0 Å². The lowest BCUT2D eigenvalue weighted by Crippen LogP contribution is -2.13. The molecular weight excluding hydrogens is 657 g/mol. The van der Waals surface area contributed by atoms with Gasteiger partial charge in [0.05, 0.1) is 11.4 Å². The highest BCUT2D eigenvalue weighted by Crippen LogP contribution is 2.51. The van der Waals surface area contributed by atoms with Gasteiger partial charge in [-0.3, -0.25) is 0 Å². The molecule has 1 aromatic heterocycles. The van der Waals surface area contributed by atoms with E-state index in [0.717, 1.165) is 67.8 Å². The molecule has 0 unspecified atom stereocenters. The lowest BCUT2D eigenvalue weighted by molar-refractivity contribution is 1.18. The Balaban J connectivity index is 1.27. The molecule has 1 aliphatic rings. The molecule has 0 radical (unpaired) electrons. The second kappa shape index (κ2) is 13.4. The number of para-hydroxylation sites is 4. The Bertz CT molecular complexity index is 2570. The third-order valence-corrected chi connectivity index (χ3v) is 10.1. The monoisotopic (exact) mass is 690 g/mol. The van der Waals surface area contributed by atoms with Gasteiger partial charge in [-0.15, -0.1) is 0 Å². The summed E-state index contributed by atoms with van der Waals surface area (Å²) in [6.45, 7) is 0. The van der Waals surface area contributed by atoms with Crippen molar-refractivity contribution in [2.75, 3.05) is 9.80 Å². The molecule has 4 heteroatoms. The SMILES string of the molecule is c1ccc(-c2nc(-c3cc(N(c4ccccc4)c4ccccc4)cc(N(c4ccccc4)c4ccccc4)c3)nc3c2-c2cccc4cccc-3c24)cc1. The number of anilines is 6. The van der Waals surface area contributed by atoms with Crippen LogP contribution in [0, 0.1) is 0 Å². The van der Waals surface area contributed by atoms with Crippen molar-refractivity contribution in [3.8, 4) is 45.0 Å². The van der Waals surface area contributed by atoms with Crippen LogP contribution >= 0.6 is 0 Å². The summed E-state index contributed by atoms with van der Waals surface area (Å²) >= 11 is 0. The molecule has 4 nitrogen and oxygen atoms in total. The first-order chi connectivity index (χ1) is 26.8. The highest BCUT2D eigenvalue weighted by Gasteiger charge is 2.29. The average Bonchev–Trinajstić information content (AvgIpc) is 3.57. The van der Waals surface area contributed by atoms with Crippen LogP contribution in [0.1, 0.15) is 0 Å². The predicted octanol–water partition coefficient (Wildman–Crippen LogP) is 13.6. The predicted molar refractivity (Wildman–Crippen MR) is 224 cm³/mol. The highest BCUT2D eigenvalue weighted by molar-refractivity contribution is 6.17. The minimum Gasteiger partial charge on any atom is -0.310 e. The van der Waals surface area contributed by atoms with Gasteiger partial charge in [0.1, 0.15) is 0 Å². The van der Waals surface area contributed by atoms with Gasteiger partial charge in [-0.25, -0.2) is 9.97 Å². The van der Waals surface area contributed by atoms with Gasteiger partial charge >= 0.3 is 0 Å². The molecule has 0 N–H and O–H groups in total. The minimum atomic E-state index is 0.669. The van der Waals surface area contributed by atoms with Crippen molar-refractivity contribution >= 4 is 44.9 Å². The fourth-order valence-electron chi connectivity index (χ4n) is 7.78. The Labute approximate surface area is 314 Å². The van der Waals surface area contributed by atoms with Gasteiger partial charge in [0.2, 0.25) is 0 Å². The lowest BCUT2D eigenvalue weighted by Gasteiger charge is -2.30. The van der Waals surface area contributed by atoms with Gasteiger partial charge in [0.25, 0.3) is 0 Å². The third-order valence-electron chi connectivity index (χ3n) is 10.1. The van der Waals surface area contributed by atoms with E-state index >= 15 is 0 Å². The zero-order valence-corrected chi connectivity index (χ0v) is 29.4. The summed E-state index contributed by atoms with van der Waals surface area (Å²) in [5.41, 5.74) is 13.5. The Morgan fingerprint density at radius 3 is 1.22 bits per heavy atom. The topological polar surface area (TPSA) is 32.3 Å². The van der Waals surface area contributed by atoms with E-state index in [9.17, 15) is 0 Å². The van der Waals surface area contributed by atoms with Crippen molar-refractivity contribution < 1.29 is 0 Å². The zero-order valence-electron chi connectivity index (χ0n) is 29.4. The number of benzene rings is 8. The van der Waals surface area contributed by atoms with Crippen LogP contribution in [0.25, 0.3) is 55.8 Å². The molecule has 0 spiro atoms. The Morgan fingerprint density at radius 2 is 0.741 bits per heavy atom. The second-order valence-electron chi connectivity index (χ2n) is 13.4.